The molecule has 0 aliphatic carbocycles. The Hall–Kier alpha value is -2.23. The molecule has 4 nitrogen and oxygen atoms in total. The molecule has 72 valence electrons. The Morgan fingerprint density at radius 3 is 2.73 bits per heavy atom. The quantitative estimate of drug-likeness (QED) is 0.647. The molecule has 1 N–H and O–H groups in total. The summed E-state index contributed by atoms with van der Waals surface area (Å²) in [4.78, 5) is 15.4. The van der Waals surface area contributed by atoms with Gasteiger partial charge >= 0.3 is 0 Å². The fourth-order valence-electron chi connectivity index (χ4n) is 1.53. The van der Waals surface area contributed by atoms with Crippen LogP contribution in [0.1, 0.15) is 0 Å². The fraction of sp³-hybridized carbons (Fsp3) is 0. The molecule has 0 spiro atoms. The van der Waals surface area contributed by atoms with Crippen molar-refractivity contribution in [2.24, 2.45) is 0 Å². The van der Waals surface area contributed by atoms with Gasteiger partial charge in [-0.2, -0.15) is 0 Å². The minimum atomic E-state index is 0.743. The van der Waals surface area contributed by atoms with Gasteiger partial charge in [0, 0.05) is 24.2 Å². The summed E-state index contributed by atoms with van der Waals surface area (Å²) in [6, 6.07) is 5.95. The molecule has 0 atom stereocenters. The second-order valence-corrected chi connectivity index (χ2v) is 3.23. The average Bonchev–Trinajstić information content (AvgIpc) is 2.77. The van der Waals surface area contributed by atoms with Crippen molar-refractivity contribution in [2.75, 3.05) is 0 Å². The van der Waals surface area contributed by atoms with Gasteiger partial charge in [-0.3, -0.25) is 4.98 Å². The van der Waals surface area contributed by atoms with E-state index in [0.717, 1.165) is 22.3 Å². The molecule has 3 aromatic heterocycles. The highest BCUT2D eigenvalue weighted by Gasteiger charge is 2.01. The molecular formula is C11H8N4. The third kappa shape index (κ3) is 1.36. The number of nitrogens with zero attached hydrogens (tertiary/aromatic N) is 3. The van der Waals surface area contributed by atoms with Crippen molar-refractivity contribution < 1.29 is 0 Å². The highest BCUT2D eigenvalue weighted by molar-refractivity contribution is 5.77. The summed E-state index contributed by atoms with van der Waals surface area (Å²) >= 11 is 0. The fourth-order valence-corrected chi connectivity index (χ4v) is 1.53. The van der Waals surface area contributed by atoms with Crippen LogP contribution in [0.4, 0.5) is 0 Å². The van der Waals surface area contributed by atoms with Gasteiger partial charge < -0.3 is 4.98 Å². The average molecular weight is 196 g/mol. The number of rotatable bonds is 1. The van der Waals surface area contributed by atoms with Crippen LogP contribution in [0, 0.1) is 0 Å². The molecular weight excluding hydrogens is 188 g/mol. The van der Waals surface area contributed by atoms with E-state index in [1.54, 1.807) is 18.7 Å². The summed E-state index contributed by atoms with van der Waals surface area (Å²) < 4.78 is 0. The molecule has 0 saturated heterocycles. The molecule has 0 saturated carbocycles. The van der Waals surface area contributed by atoms with Crippen LogP contribution in [0.5, 0.6) is 0 Å². The Morgan fingerprint density at radius 2 is 1.87 bits per heavy atom. The van der Waals surface area contributed by atoms with Gasteiger partial charge in [-0.1, -0.05) is 0 Å². The zero-order valence-corrected chi connectivity index (χ0v) is 7.88. The first-order chi connectivity index (χ1) is 7.43. The Bertz CT molecular complexity index is 586. The lowest BCUT2D eigenvalue weighted by molar-refractivity contribution is 1.30. The predicted molar refractivity (Wildman–Crippen MR) is 57.1 cm³/mol. The summed E-state index contributed by atoms with van der Waals surface area (Å²) in [7, 11) is 0. The van der Waals surface area contributed by atoms with Crippen LogP contribution in [-0.2, 0) is 0 Å². The van der Waals surface area contributed by atoms with Gasteiger partial charge in [0.1, 0.15) is 0 Å². The molecule has 0 aromatic carbocycles. The van der Waals surface area contributed by atoms with E-state index in [-0.39, 0.29) is 0 Å². The van der Waals surface area contributed by atoms with Crippen LogP contribution in [0.25, 0.3) is 22.3 Å². The van der Waals surface area contributed by atoms with E-state index in [2.05, 4.69) is 19.9 Å². The Balaban J connectivity index is 2.19. The monoisotopic (exact) mass is 196 g/mol. The Labute approximate surface area is 86.0 Å². The molecule has 3 rings (SSSR count). The summed E-state index contributed by atoms with van der Waals surface area (Å²) in [6.45, 7) is 0. The van der Waals surface area contributed by atoms with E-state index in [9.17, 15) is 0 Å². The molecule has 0 unspecified atom stereocenters. The summed E-state index contributed by atoms with van der Waals surface area (Å²) in [5.41, 5.74) is 3.86. The molecule has 3 aromatic rings. The standard InChI is InChI=1S/C11H8N4/c1-3-12-4-2-8(1)9-5-10-11(13-6-9)15-7-14-10/h1-7H,(H,13,14,15). The molecule has 0 aliphatic rings. The predicted octanol–water partition coefficient (Wildman–Crippen LogP) is 2.02. The van der Waals surface area contributed by atoms with Gasteiger partial charge in [0.15, 0.2) is 5.65 Å². The Kier molecular flexibility index (Phi) is 1.71. The zero-order valence-electron chi connectivity index (χ0n) is 7.88. The molecule has 0 bridgehead atoms. The molecule has 0 aliphatic heterocycles. The Morgan fingerprint density at radius 1 is 1.00 bits per heavy atom. The van der Waals surface area contributed by atoms with Gasteiger partial charge in [-0.15, -0.1) is 0 Å². The molecule has 4 heteroatoms. The number of hydrogen-bond donors (Lipinski definition) is 1. The lowest BCUT2D eigenvalue weighted by Gasteiger charge is -1.99. The zero-order chi connectivity index (χ0) is 10.1. The SMILES string of the molecule is c1cc(-c2cnc3nc[nH]c3c2)ccn1. The maximum absolute atomic E-state index is 4.25. The minimum absolute atomic E-state index is 0.743. The molecule has 0 amide bonds. The van der Waals surface area contributed by atoms with Crippen molar-refractivity contribution >= 4 is 11.2 Å². The normalized spacial score (nSPS) is 10.7. The number of imidazole rings is 1. The van der Waals surface area contributed by atoms with Crippen molar-refractivity contribution in [1.82, 2.24) is 19.9 Å². The van der Waals surface area contributed by atoms with Crippen LogP contribution in [0.3, 0.4) is 0 Å². The number of aromatic nitrogens is 4. The highest BCUT2D eigenvalue weighted by atomic mass is 14.9. The summed E-state index contributed by atoms with van der Waals surface area (Å²) in [6.07, 6.45) is 7.01. The third-order valence-corrected chi connectivity index (χ3v) is 2.29. The minimum Gasteiger partial charge on any atom is -0.343 e. The second kappa shape index (κ2) is 3.16. The van der Waals surface area contributed by atoms with Crippen LogP contribution in [0.2, 0.25) is 0 Å². The van der Waals surface area contributed by atoms with Gasteiger partial charge in [0.25, 0.3) is 0 Å². The molecule has 0 radical (unpaired) electrons. The summed E-state index contributed by atoms with van der Waals surface area (Å²) in [5, 5.41) is 0. The molecule has 15 heavy (non-hydrogen) atoms. The molecule has 3 heterocycles. The first-order valence-corrected chi connectivity index (χ1v) is 4.63. The van der Waals surface area contributed by atoms with E-state index < -0.39 is 0 Å². The number of fused-ring (bicyclic) bond motifs is 1. The maximum Gasteiger partial charge on any atom is 0.177 e. The number of H-pyrrole nitrogens is 1. The van der Waals surface area contributed by atoms with Crippen LogP contribution in [0.15, 0.2) is 43.1 Å². The second-order valence-electron chi connectivity index (χ2n) is 3.23. The van der Waals surface area contributed by atoms with Gasteiger partial charge in [0.05, 0.1) is 11.8 Å². The number of nitrogens with one attached hydrogen (secondary N) is 1. The van der Waals surface area contributed by atoms with Crippen molar-refractivity contribution in [2.45, 2.75) is 0 Å². The topological polar surface area (TPSA) is 54.5 Å². The van der Waals surface area contributed by atoms with E-state index in [1.165, 1.54) is 0 Å². The number of pyridine rings is 2. The van der Waals surface area contributed by atoms with Crippen LogP contribution in [-0.4, -0.2) is 19.9 Å². The van der Waals surface area contributed by atoms with E-state index in [4.69, 9.17) is 0 Å². The van der Waals surface area contributed by atoms with Gasteiger partial charge in [-0.25, -0.2) is 9.97 Å². The lowest BCUT2D eigenvalue weighted by atomic mass is 10.1. The third-order valence-electron chi connectivity index (χ3n) is 2.29. The van der Waals surface area contributed by atoms with Gasteiger partial charge in [0.2, 0.25) is 0 Å². The van der Waals surface area contributed by atoms with Crippen molar-refractivity contribution in [1.29, 1.82) is 0 Å². The van der Waals surface area contributed by atoms with Crippen molar-refractivity contribution in [3.8, 4) is 11.1 Å². The van der Waals surface area contributed by atoms with Crippen molar-refractivity contribution in [3.05, 3.63) is 43.1 Å². The lowest BCUT2D eigenvalue weighted by Crippen LogP contribution is -1.82. The largest absolute Gasteiger partial charge is 0.343 e. The van der Waals surface area contributed by atoms with E-state index in [0.29, 0.717) is 0 Å². The number of hydrogen-bond acceptors (Lipinski definition) is 3. The van der Waals surface area contributed by atoms with Crippen molar-refractivity contribution in [3.63, 3.8) is 0 Å². The number of aromatic amines is 1. The van der Waals surface area contributed by atoms with E-state index in [1.807, 2.05) is 24.4 Å². The first kappa shape index (κ1) is 8.11. The molecule has 0 fully saturated rings. The maximum atomic E-state index is 4.25. The van der Waals surface area contributed by atoms with E-state index >= 15 is 0 Å². The smallest absolute Gasteiger partial charge is 0.177 e. The first-order valence-electron chi connectivity index (χ1n) is 4.63. The van der Waals surface area contributed by atoms with Crippen LogP contribution >= 0.6 is 0 Å². The summed E-state index contributed by atoms with van der Waals surface area (Å²) in [5.74, 6) is 0. The van der Waals surface area contributed by atoms with Gasteiger partial charge in [-0.05, 0) is 23.8 Å². The highest BCUT2D eigenvalue weighted by Crippen LogP contribution is 2.19. The van der Waals surface area contributed by atoms with Crippen LogP contribution < -0.4 is 0 Å².